The molecule has 4 heteroatoms. The third-order valence-corrected chi connectivity index (χ3v) is 3.87. The van der Waals surface area contributed by atoms with Crippen molar-refractivity contribution < 1.29 is 4.79 Å². The van der Waals surface area contributed by atoms with Gasteiger partial charge in [-0.1, -0.05) is 41.1 Å². The predicted molar refractivity (Wildman–Crippen MR) is 77.0 cm³/mol. The van der Waals surface area contributed by atoms with Gasteiger partial charge in [-0.15, -0.1) is 0 Å². The van der Waals surface area contributed by atoms with Gasteiger partial charge in [0.2, 0.25) is 0 Å². The van der Waals surface area contributed by atoms with Crippen LogP contribution in [0.4, 0.5) is 0 Å². The Bertz CT molecular complexity index is 551. The molecule has 1 atom stereocenters. The fourth-order valence-corrected chi connectivity index (χ4v) is 1.94. The first-order valence-corrected chi connectivity index (χ1v) is 7.02. The molecule has 1 heterocycles. The molecule has 0 aliphatic rings. The Morgan fingerprint density at radius 3 is 2.94 bits per heavy atom. The van der Waals surface area contributed by atoms with Crippen molar-refractivity contribution in [3.05, 3.63) is 42.1 Å². The minimum Gasteiger partial charge on any atom is -0.352 e. The second-order valence-electron chi connectivity index (χ2n) is 4.35. The average molecular weight is 307 g/mol. The summed E-state index contributed by atoms with van der Waals surface area (Å²) in [6.45, 7) is 2.75. The number of rotatable bonds is 4. The molecule has 0 saturated carbocycles. The van der Waals surface area contributed by atoms with Gasteiger partial charge >= 0.3 is 0 Å². The summed E-state index contributed by atoms with van der Waals surface area (Å²) in [6.07, 6.45) is 1.67. The molecular weight excluding hydrogens is 292 g/mol. The first kappa shape index (κ1) is 13.0. The van der Waals surface area contributed by atoms with E-state index in [-0.39, 0.29) is 5.91 Å². The van der Waals surface area contributed by atoms with Crippen LogP contribution in [0, 0.1) is 5.92 Å². The molecule has 2 rings (SSSR count). The third-order valence-electron chi connectivity index (χ3n) is 2.77. The van der Waals surface area contributed by atoms with Crippen LogP contribution in [0.15, 0.2) is 36.5 Å². The normalized spacial score (nSPS) is 12.3. The maximum atomic E-state index is 12.1. The molecule has 0 spiro atoms. The summed E-state index contributed by atoms with van der Waals surface area (Å²) in [4.78, 5) is 16.4. The Morgan fingerprint density at radius 1 is 1.39 bits per heavy atom. The SMILES string of the molecule is CC(CBr)CNC(=O)c1ccnc2ccccc12. The van der Waals surface area contributed by atoms with Crippen molar-refractivity contribution in [2.24, 2.45) is 5.92 Å². The number of carbonyl (C=O) groups excluding carboxylic acids is 1. The lowest BCUT2D eigenvalue weighted by Gasteiger charge is -2.10. The van der Waals surface area contributed by atoms with Gasteiger partial charge in [-0.25, -0.2) is 0 Å². The van der Waals surface area contributed by atoms with Crippen molar-refractivity contribution in [3.63, 3.8) is 0 Å². The van der Waals surface area contributed by atoms with Crippen molar-refractivity contribution >= 4 is 32.7 Å². The van der Waals surface area contributed by atoms with E-state index in [1.807, 2.05) is 24.3 Å². The molecule has 0 fully saturated rings. The van der Waals surface area contributed by atoms with E-state index in [1.165, 1.54) is 0 Å². The quantitative estimate of drug-likeness (QED) is 0.882. The summed E-state index contributed by atoms with van der Waals surface area (Å²) in [5.74, 6) is 0.378. The van der Waals surface area contributed by atoms with Gasteiger partial charge in [0.15, 0.2) is 0 Å². The fraction of sp³-hybridized carbons (Fsp3) is 0.286. The number of benzene rings is 1. The number of hydrogen-bond donors (Lipinski definition) is 1. The highest BCUT2D eigenvalue weighted by Gasteiger charge is 2.10. The zero-order valence-electron chi connectivity index (χ0n) is 10.2. The Balaban J connectivity index is 2.22. The molecule has 2 aromatic rings. The molecule has 1 N–H and O–H groups in total. The first-order valence-electron chi connectivity index (χ1n) is 5.90. The molecule has 0 saturated heterocycles. The zero-order valence-corrected chi connectivity index (χ0v) is 11.8. The smallest absolute Gasteiger partial charge is 0.252 e. The maximum Gasteiger partial charge on any atom is 0.252 e. The molecule has 1 amide bonds. The van der Waals surface area contributed by atoms with Crippen LogP contribution >= 0.6 is 15.9 Å². The van der Waals surface area contributed by atoms with Crippen LogP contribution in [-0.2, 0) is 0 Å². The minimum atomic E-state index is -0.0404. The number of alkyl halides is 1. The highest BCUT2D eigenvalue weighted by atomic mass is 79.9. The van der Waals surface area contributed by atoms with Crippen LogP contribution in [0.2, 0.25) is 0 Å². The summed E-state index contributed by atoms with van der Waals surface area (Å²) in [5, 5.41) is 4.72. The molecule has 1 unspecified atom stereocenters. The van der Waals surface area contributed by atoms with Crippen LogP contribution < -0.4 is 5.32 Å². The number of para-hydroxylation sites is 1. The standard InChI is InChI=1S/C14H15BrN2O/c1-10(8-15)9-17-14(18)12-6-7-16-13-5-3-2-4-11(12)13/h2-7,10H,8-9H2,1H3,(H,17,18). The van der Waals surface area contributed by atoms with E-state index in [0.717, 1.165) is 16.2 Å². The van der Waals surface area contributed by atoms with Gasteiger partial charge in [0.1, 0.15) is 0 Å². The van der Waals surface area contributed by atoms with E-state index < -0.39 is 0 Å². The Morgan fingerprint density at radius 2 is 2.17 bits per heavy atom. The van der Waals surface area contributed by atoms with Gasteiger partial charge in [-0.3, -0.25) is 9.78 Å². The number of nitrogens with one attached hydrogen (secondary N) is 1. The number of pyridine rings is 1. The number of nitrogens with zero attached hydrogens (tertiary/aromatic N) is 1. The number of aromatic nitrogens is 1. The monoisotopic (exact) mass is 306 g/mol. The highest BCUT2D eigenvalue weighted by Crippen LogP contribution is 2.15. The number of carbonyl (C=O) groups is 1. The zero-order chi connectivity index (χ0) is 13.0. The van der Waals surface area contributed by atoms with Crippen LogP contribution in [0.1, 0.15) is 17.3 Å². The van der Waals surface area contributed by atoms with Crippen molar-refractivity contribution in [1.82, 2.24) is 10.3 Å². The summed E-state index contributed by atoms with van der Waals surface area (Å²) < 4.78 is 0. The maximum absolute atomic E-state index is 12.1. The summed E-state index contributed by atoms with van der Waals surface area (Å²) in [7, 11) is 0. The Kier molecular flexibility index (Phi) is 4.31. The average Bonchev–Trinajstić information content (AvgIpc) is 2.43. The summed E-state index contributed by atoms with van der Waals surface area (Å²) in [5.41, 5.74) is 1.53. The highest BCUT2D eigenvalue weighted by molar-refractivity contribution is 9.09. The molecule has 0 radical (unpaired) electrons. The van der Waals surface area contributed by atoms with Crippen LogP contribution in [0.25, 0.3) is 10.9 Å². The molecule has 1 aromatic heterocycles. The van der Waals surface area contributed by atoms with Crippen molar-refractivity contribution in [3.8, 4) is 0 Å². The molecule has 94 valence electrons. The predicted octanol–water partition coefficient (Wildman–Crippen LogP) is 3.00. The number of hydrogen-bond acceptors (Lipinski definition) is 2. The molecule has 1 aromatic carbocycles. The van der Waals surface area contributed by atoms with E-state index in [9.17, 15) is 4.79 Å². The molecule has 0 bridgehead atoms. The molecular formula is C14H15BrN2O. The van der Waals surface area contributed by atoms with Crippen LogP contribution in [0.5, 0.6) is 0 Å². The third kappa shape index (κ3) is 2.88. The van der Waals surface area contributed by atoms with E-state index in [2.05, 4.69) is 33.2 Å². The van der Waals surface area contributed by atoms with Crippen LogP contribution in [-0.4, -0.2) is 22.8 Å². The van der Waals surface area contributed by atoms with Crippen molar-refractivity contribution in [1.29, 1.82) is 0 Å². The van der Waals surface area contributed by atoms with Gasteiger partial charge < -0.3 is 5.32 Å². The Hall–Kier alpha value is -1.42. The second kappa shape index (κ2) is 5.96. The molecule has 3 nitrogen and oxygen atoms in total. The van der Waals surface area contributed by atoms with E-state index in [4.69, 9.17) is 0 Å². The van der Waals surface area contributed by atoms with Crippen molar-refractivity contribution in [2.45, 2.75) is 6.92 Å². The van der Waals surface area contributed by atoms with Gasteiger partial charge in [0.25, 0.3) is 5.91 Å². The van der Waals surface area contributed by atoms with E-state index in [1.54, 1.807) is 12.3 Å². The number of amides is 1. The van der Waals surface area contributed by atoms with Gasteiger partial charge in [-0.05, 0) is 18.1 Å². The lowest BCUT2D eigenvalue weighted by molar-refractivity contribution is 0.0951. The number of fused-ring (bicyclic) bond motifs is 1. The van der Waals surface area contributed by atoms with E-state index in [0.29, 0.717) is 18.0 Å². The van der Waals surface area contributed by atoms with Crippen molar-refractivity contribution in [2.75, 3.05) is 11.9 Å². The lowest BCUT2D eigenvalue weighted by Crippen LogP contribution is -2.28. The van der Waals surface area contributed by atoms with Gasteiger partial charge in [-0.2, -0.15) is 0 Å². The molecule has 0 aliphatic heterocycles. The summed E-state index contributed by atoms with van der Waals surface area (Å²) >= 11 is 3.40. The topological polar surface area (TPSA) is 42.0 Å². The lowest BCUT2D eigenvalue weighted by atomic mass is 10.1. The number of halogens is 1. The minimum absolute atomic E-state index is 0.0404. The first-order chi connectivity index (χ1) is 8.72. The van der Waals surface area contributed by atoms with Gasteiger partial charge in [0.05, 0.1) is 11.1 Å². The van der Waals surface area contributed by atoms with E-state index >= 15 is 0 Å². The summed E-state index contributed by atoms with van der Waals surface area (Å²) in [6, 6.07) is 9.43. The fourth-order valence-electron chi connectivity index (χ4n) is 1.71. The largest absolute Gasteiger partial charge is 0.352 e. The van der Waals surface area contributed by atoms with Gasteiger partial charge in [0, 0.05) is 23.5 Å². The Labute approximate surface area is 115 Å². The molecule has 18 heavy (non-hydrogen) atoms. The molecule has 0 aliphatic carbocycles. The second-order valence-corrected chi connectivity index (χ2v) is 4.99. The van der Waals surface area contributed by atoms with Crippen LogP contribution in [0.3, 0.4) is 0 Å².